The van der Waals surface area contributed by atoms with E-state index in [0.717, 1.165) is 0 Å². The minimum atomic E-state index is -1.27. The van der Waals surface area contributed by atoms with E-state index < -0.39 is 41.8 Å². The van der Waals surface area contributed by atoms with Crippen molar-refractivity contribution in [2.45, 2.75) is 80.8 Å². The molecule has 32 heavy (non-hydrogen) atoms. The molecule has 11 heteroatoms. The number of ketones is 3. The summed E-state index contributed by atoms with van der Waals surface area (Å²) in [4.78, 5) is 61.3. The van der Waals surface area contributed by atoms with Crippen molar-refractivity contribution in [2.24, 2.45) is 17.8 Å². The van der Waals surface area contributed by atoms with Gasteiger partial charge in [0, 0.05) is 0 Å². The maximum atomic E-state index is 10.4. The van der Waals surface area contributed by atoms with Gasteiger partial charge in [-0.15, -0.1) is 6.10 Å². The summed E-state index contributed by atoms with van der Waals surface area (Å²) in [6.07, 6.45) is 0.535. The molecular formula is C21H34O10Zr. The molecule has 0 fully saturated rings. The molecule has 0 aromatic heterocycles. The Morgan fingerprint density at radius 3 is 0.688 bits per heavy atom. The number of hydrogen-bond acceptors (Lipinski definition) is 10. The maximum Gasteiger partial charge on any atom is 4.00 e. The van der Waals surface area contributed by atoms with Crippen molar-refractivity contribution < 1.29 is 75.4 Å². The molecular weight excluding hydrogens is 503 g/mol. The number of carbonyl (C=O) groups is 6. The molecule has 0 aliphatic heterocycles. The fourth-order valence-electron chi connectivity index (χ4n) is 1.86. The van der Waals surface area contributed by atoms with E-state index in [1.165, 1.54) is 20.8 Å². The van der Waals surface area contributed by atoms with Crippen LogP contribution in [0, 0.1) is 17.8 Å². The Hall–Kier alpha value is -1.74. The Bertz CT molecular complexity index is 466. The Morgan fingerprint density at radius 1 is 0.562 bits per heavy atom. The Morgan fingerprint density at radius 2 is 0.688 bits per heavy atom. The second kappa shape index (κ2) is 23.9. The van der Waals surface area contributed by atoms with Crippen LogP contribution < -0.4 is 20.4 Å². The average Bonchev–Trinajstić information content (AvgIpc) is 2.54. The molecule has 3 atom stereocenters. The van der Waals surface area contributed by atoms with Crippen LogP contribution in [0.2, 0.25) is 0 Å². The quantitative estimate of drug-likeness (QED) is 0.291. The van der Waals surface area contributed by atoms with Gasteiger partial charge in [0.1, 0.15) is 17.3 Å². The van der Waals surface area contributed by atoms with Crippen LogP contribution in [0.1, 0.15) is 74.7 Å². The predicted octanol–water partition coefficient (Wildman–Crippen LogP) is -2.19. The van der Waals surface area contributed by atoms with Gasteiger partial charge < -0.3 is 34.8 Å². The van der Waals surface area contributed by atoms with Crippen LogP contribution in [0.4, 0.5) is 0 Å². The van der Waals surface area contributed by atoms with E-state index in [9.17, 15) is 49.2 Å². The zero-order valence-electron chi connectivity index (χ0n) is 20.0. The summed E-state index contributed by atoms with van der Waals surface area (Å²) in [5.74, 6) is -7.56. The van der Waals surface area contributed by atoms with E-state index in [1.54, 1.807) is 34.6 Å². The molecule has 0 saturated carbocycles. The first-order valence-corrected chi connectivity index (χ1v) is 9.81. The summed E-state index contributed by atoms with van der Waals surface area (Å²) in [7, 11) is 0. The van der Waals surface area contributed by atoms with Gasteiger partial charge in [-0.05, 0) is 40.0 Å². The largest absolute Gasteiger partial charge is 4.00 e. The van der Waals surface area contributed by atoms with E-state index in [4.69, 9.17) is 0 Å². The smallest absolute Gasteiger partial charge is 0.852 e. The molecule has 0 aromatic rings. The molecule has 0 spiro atoms. The average molecular weight is 538 g/mol. The van der Waals surface area contributed by atoms with E-state index in [1.807, 2.05) is 0 Å². The molecule has 0 radical (unpaired) electrons. The first-order chi connectivity index (χ1) is 14.0. The number of carboxylic acid groups (broad SMARTS) is 3. The van der Waals surface area contributed by atoms with Crippen LogP contribution >= 0.6 is 0 Å². The van der Waals surface area contributed by atoms with Crippen LogP contribution in [0.25, 0.3) is 0 Å². The molecule has 0 aliphatic rings. The number of Topliss-reactive ketones (excluding diaryl/α,β-unsaturated/α-hetero) is 3. The number of carboxylic acids is 3. The molecule has 10 nitrogen and oxygen atoms in total. The molecule has 0 aromatic carbocycles. The van der Waals surface area contributed by atoms with Crippen molar-refractivity contribution >= 4 is 35.3 Å². The summed E-state index contributed by atoms with van der Waals surface area (Å²) in [6, 6.07) is 0. The molecule has 0 aliphatic carbocycles. The predicted molar refractivity (Wildman–Crippen MR) is 104 cm³/mol. The van der Waals surface area contributed by atoms with Gasteiger partial charge in [0.25, 0.3) is 0 Å². The summed E-state index contributed by atoms with van der Waals surface area (Å²) in [6.45, 7) is 11.9. The van der Waals surface area contributed by atoms with Crippen molar-refractivity contribution in [1.29, 1.82) is 0 Å². The molecule has 0 heterocycles. The third kappa shape index (κ3) is 26.3. The fraction of sp³-hybridized carbons (Fsp3) is 0.714. The zero-order chi connectivity index (χ0) is 25.9. The first-order valence-electron chi connectivity index (χ1n) is 9.81. The van der Waals surface area contributed by atoms with Gasteiger partial charge in [0.2, 0.25) is 0 Å². The van der Waals surface area contributed by atoms with E-state index in [-0.39, 0.29) is 43.6 Å². The van der Waals surface area contributed by atoms with Gasteiger partial charge in [0.05, 0.1) is 35.7 Å². The Labute approximate surface area is 208 Å². The van der Waals surface area contributed by atoms with Crippen molar-refractivity contribution in [2.75, 3.05) is 0 Å². The van der Waals surface area contributed by atoms with Crippen LogP contribution in [-0.2, 0) is 55.0 Å². The minimum absolute atomic E-state index is 0. The zero-order valence-corrected chi connectivity index (χ0v) is 22.5. The second-order valence-electron chi connectivity index (χ2n) is 6.72. The number of aliphatic carboxylic acids is 3. The molecule has 0 N–H and O–H groups in total. The van der Waals surface area contributed by atoms with Crippen LogP contribution in [0.5, 0.6) is 0 Å². The second-order valence-corrected chi connectivity index (χ2v) is 6.72. The van der Waals surface area contributed by atoms with E-state index >= 15 is 0 Å². The minimum Gasteiger partial charge on any atom is -0.852 e. The fourth-order valence-corrected chi connectivity index (χ4v) is 1.86. The normalized spacial score (nSPS) is 11.8. The van der Waals surface area contributed by atoms with Crippen molar-refractivity contribution in [3.8, 4) is 0 Å². The van der Waals surface area contributed by atoms with Gasteiger partial charge in [-0.3, -0.25) is 14.4 Å². The van der Waals surface area contributed by atoms with Crippen molar-refractivity contribution in [3.63, 3.8) is 0 Å². The van der Waals surface area contributed by atoms with E-state index in [2.05, 4.69) is 0 Å². The molecule has 0 bridgehead atoms. The van der Waals surface area contributed by atoms with Gasteiger partial charge in [0.15, 0.2) is 0 Å². The van der Waals surface area contributed by atoms with Crippen molar-refractivity contribution in [1.82, 2.24) is 0 Å². The van der Waals surface area contributed by atoms with Gasteiger partial charge >= 0.3 is 26.2 Å². The van der Waals surface area contributed by atoms with Crippen LogP contribution in [0.15, 0.2) is 0 Å². The first kappa shape index (κ1) is 40.6. The Kier molecular flexibility index (Phi) is 30.3. The van der Waals surface area contributed by atoms with Gasteiger partial charge in [-0.25, -0.2) is 0 Å². The topological polar surface area (TPSA) is 195 Å². The maximum absolute atomic E-state index is 10.4. The molecule has 0 amide bonds. The summed E-state index contributed by atoms with van der Waals surface area (Å²) >= 11 is 0. The SMILES string of the molecule is CC(C)[O-].CCC(C(C)=O)C(=O)[O-].CCC(C(C)=O)C(=O)[O-].CCC(C(C)=O)C(=O)[O-].[Zr+4]. The number of hydrogen-bond donors (Lipinski definition) is 0. The Balaban J connectivity index is -0.000000104. The van der Waals surface area contributed by atoms with Crippen LogP contribution in [0.3, 0.4) is 0 Å². The number of rotatable bonds is 9. The summed E-state index contributed by atoms with van der Waals surface area (Å²) in [5.41, 5.74) is 0. The molecule has 3 unspecified atom stereocenters. The third-order valence-electron chi connectivity index (χ3n) is 3.55. The molecule has 0 rings (SSSR count). The standard InChI is InChI=1S/3C6H10O3.C3H7O.Zr/c3*1-3-5(4(2)7)6(8)9;1-3(2)4;/h3*5H,3H2,1-2H3,(H,8,9);3H,1-2H3;/q;;;-1;+4/p-3. The summed E-state index contributed by atoms with van der Waals surface area (Å²) in [5, 5.41) is 39.6. The number of carbonyl (C=O) groups excluding carboxylic acids is 6. The van der Waals surface area contributed by atoms with Crippen LogP contribution in [-0.4, -0.2) is 41.4 Å². The third-order valence-corrected chi connectivity index (χ3v) is 3.55. The summed E-state index contributed by atoms with van der Waals surface area (Å²) < 4.78 is 0. The molecule has 0 saturated heterocycles. The van der Waals surface area contributed by atoms with Crippen molar-refractivity contribution in [3.05, 3.63) is 0 Å². The van der Waals surface area contributed by atoms with Gasteiger partial charge in [-0.1, -0.05) is 34.6 Å². The monoisotopic (exact) mass is 536 g/mol. The van der Waals surface area contributed by atoms with E-state index in [0.29, 0.717) is 19.3 Å². The van der Waals surface area contributed by atoms with Gasteiger partial charge in [-0.2, -0.15) is 0 Å². The molecule has 182 valence electrons.